The molecule has 1 saturated heterocycles. The SMILES string of the molecule is Cc1ccc2c(C)cc(=O)n(CCN3CCN(CCc4ccc5c(c4)OCCO5)C(C(=O)O)C3)c2c1. The summed E-state index contributed by atoms with van der Waals surface area (Å²) in [6.07, 6.45) is 0.741. The number of pyridine rings is 1. The van der Waals surface area contributed by atoms with Gasteiger partial charge in [-0.15, -0.1) is 0 Å². The van der Waals surface area contributed by atoms with Crippen LogP contribution in [0.15, 0.2) is 47.3 Å². The molecule has 0 saturated carbocycles. The maximum Gasteiger partial charge on any atom is 0.322 e. The topological polar surface area (TPSA) is 84.2 Å². The number of carboxylic acid groups (broad SMARTS) is 1. The van der Waals surface area contributed by atoms with Crippen LogP contribution in [0.25, 0.3) is 10.9 Å². The number of carbonyl (C=O) groups is 1. The summed E-state index contributed by atoms with van der Waals surface area (Å²) in [5.74, 6) is 0.709. The minimum atomic E-state index is -0.810. The Bertz CT molecular complexity index is 1330. The fourth-order valence-corrected chi connectivity index (χ4v) is 5.23. The Hall–Kier alpha value is -3.36. The standard InChI is InChI=1S/C28H33N3O5/c1-19-3-5-22-20(2)16-27(32)31(23(22)15-19)12-10-29-9-11-30(24(18-29)28(33)34)8-7-21-4-6-25-26(17-21)36-14-13-35-25/h3-6,15-17,24H,7-14,18H2,1-2H3,(H,33,34). The molecule has 3 aromatic rings. The van der Waals surface area contributed by atoms with Crippen molar-refractivity contribution in [2.45, 2.75) is 32.9 Å². The van der Waals surface area contributed by atoms with Crippen LogP contribution >= 0.6 is 0 Å². The third-order valence-corrected chi connectivity index (χ3v) is 7.27. The molecule has 8 heteroatoms. The molecule has 36 heavy (non-hydrogen) atoms. The van der Waals surface area contributed by atoms with Gasteiger partial charge in [0.1, 0.15) is 19.3 Å². The zero-order valence-electron chi connectivity index (χ0n) is 20.9. The van der Waals surface area contributed by atoms with Crippen LogP contribution in [0, 0.1) is 13.8 Å². The molecule has 0 aliphatic carbocycles. The highest BCUT2D eigenvalue weighted by molar-refractivity contribution is 5.83. The van der Waals surface area contributed by atoms with Gasteiger partial charge < -0.3 is 19.1 Å². The molecule has 2 aliphatic heterocycles. The van der Waals surface area contributed by atoms with Crippen molar-refractivity contribution in [3.63, 3.8) is 0 Å². The highest BCUT2D eigenvalue weighted by Gasteiger charge is 2.32. The van der Waals surface area contributed by atoms with Crippen LogP contribution in [-0.4, -0.2) is 77.4 Å². The number of ether oxygens (including phenoxy) is 2. The lowest BCUT2D eigenvalue weighted by Gasteiger charge is -2.39. The molecule has 1 atom stereocenters. The van der Waals surface area contributed by atoms with Gasteiger partial charge in [-0.25, -0.2) is 0 Å². The van der Waals surface area contributed by atoms with E-state index in [1.165, 1.54) is 0 Å². The number of hydrogen-bond acceptors (Lipinski definition) is 6. The quantitative estimate of drug-likeness (QED) is 0.544. The second-order valence-corrected chi connectivity index (χ2v) is 9.76. The lowest BCUT2D eigenvalue weighted by molar-refractivity contribution is -0.145. The number of benzene rings is 2. The van der Waals surface area contributed by atoms with Gasteiger partial charge in [-0.05, 0) is 55.2 Å². The molecule has 0 spiro atoms. The van der Waals surface area contributed by atoms with Gasteiger partial charge >= 0.3 is 5.97 Å². The van der Waals surface area contributed by atoms with Crippen LogP contribution < -0.4 is 15.0 Å². The summed E-state index contributed by atoms with van der Waals surface area (Å²) in [4.78, 5) is 29.1. The molecular formula is C28H33N3O5. The highest BCUT2D eigenvalue weighted by atomic mass is 16.6. The second kappa shape index (κ2) is 10.3. The van der Waals surface area contributed by atoms with E-state index < -0.39 is 12.0 Å². The number of carboxylic acids is 1. The van der Waals surface area contributed by atoms with E-state index in [1.807, 2.05) is 41.5 Å². The van der Waals surface area contributed by atoms with Crippen LogP contribution in [0.4, 0.5) is 0 Å². The first-order valence-electron chi connectivity index (χ1n) is 12.6. The van der Waals surface area contributed by atoms with Crippen molar-refractivity contribution >= 4 is 16.9 Å². The molecule has 190 valence electrons. The first-order chi connectivity index (χ1) is 17.4. The molecule has 1 aromatic heterocycles. The number of piperazine rings is 1. The van der Waals surface area contributed by atoms with Crippen LogP contribution in [0.1, 0.15) is 16.7 Å². The van der Waals surface area contributed by atoms with Gasteiger partial charge in [0.25, 0.3) is 5.56 Å². The summed E-state index contributed by atoms with van der Waals surface area (Å²) < 4.78 is 13.1. The average molecular weight is 492 g/mol. The molecule has 1 fully saturated rings. The van der Waals surface area contributed by atoms with E-state index in [-0.39, 0.29) is 5.56 Å². The van der Waals surface area contributed by atoms with Crippen molar-refractivity contribution in [3.05, 3.63) is 69.5 Å². The van der Waals surface area contributed by atoms with E-state index in [4.69, 9.17) is 9.47 Å². The Morgan fingerprint density at radius 3 is 2.58 bits per heavy atom. The number of hydrogen-bond donors (Lipinski definition) is 1. The summed E-state index contributed by atoms with van der Waals surface area (Å²) in [5.41, 5.74) is 4.11. The van der Waals surface area contributed by atoms with Gasteiger partial charge in [-0.3, -0.25) is 19.4 Å². The minimum absolute atomic E-state index is 0.0153. The van der Waals surface area contributed by atoms with E-state index in [2.05, 4.69) is 23.1 Å². The number of rotatable bonds is 7. The van der Waals surface area contributed by atoms with E-state index in [0.717, 1.165) is 52.1 Å². The third-order valence-electron chi connectivity index (χ3n) is 7.27. The molecule has 0 radical (unpaired) electrons. The Balaban J connectivity index is 1.23. The van der Waals surface area contributed by atoms with Crippen molar-refractivity contribution in [2.24, 2.45) is 0 Å². The van der Waals surface area contributed by atoms with Crippen molar-refractivity contribution in [1.29, 1.82) is 0 Å². The minimum Gasteiger partial charge on any atom is -0.486 e. The Morgan fingerprint density at radius 1 is 0.972 bits per heavy atom. The lowest BCUT2D eigenvalue weighted by atomic mass is 10.1. The van der Waals surface area contributed by atoms with Gasteiger partial charge in [-0.1, -0.05) is 18.2 Å². The predicted octanol–water partition coefficient (Wildman–Crippen LogP) is 2.70. The molecule has 8 nitrogen and oxygen atoms in total. The average Bonchev–Trinajstić information content (AvgIpc) is 2.87. The molecule has 1 unspecified atom stereocenters. The number of aliphatic carboxylic acids is 1. The normalized spacial score (nSPS) is 18.4. The fourth-order valence-electron chi connectivity index (χ4n) is 5.23. The molecule has 1 N–H and O–H groups in total. The van der Waals surface area contributed by atoms with Gasteiger partial charge in [0.15, 0.2) is 11.5 Å². The zero-order valence-corrected chi connectivity index (χ0v) is 20.9. The zero-order chi connectivity index (χ0) is 25.2. The van der Waals surface area contributed by atoms with E-state index in [9.17, 15) is 14.7 Å². The maximum atomic E-state index is 12.8. The Labute approximate surface area is 210 Å². The first kappa shape index (κ1) is 24.3. The first-order valence-corrected chi connectivity index (χ1v) is 12.6. The summed E-state index contributed by atoms with van der Waals surface area (Å²) in [6.45, 7) is 8.79. The molecule has 2 aliphatic rings. The number of aromatic nitrogens is 1. The second-order valence-electron chi connectivity index (χ2n) is 9.76. The van der Waals surface area contributed by atoms with E-state index in [1.54, 1.807) is 6.07 Å². The smallest absolute Gasteiger partial charge is 0.322 e. The highest BCUT2D eigenvalue weighted by Crippen LogP contribution is 2.31. The summed E-state index contributed by atoms with van der Waals surface area (Å²) in [7, 11) is 0. The summed E-state index contributed by atoms with van der Waals surface area (Å²) in [6, 6.07) is 13.2. The third kappa shape index (κ3) is 5.10. The monoisotopic (exact) mass is 491 g/mol. The molecule has 0 bridgehead atoms. The van der Waals surface area contributed by atoms with Crippen molar-refractivity contribution in [2.75, 3.05) is 45.9 Å². The van der Waals surface area contributed by atoms with Gasteiger partial charge in [0.05, 0.1) is 5.52 Å². The van der Waals surface area contributed by atoms with Crippen molar-refractivity contribution in [3.8, 4) is 11.5 Å². The van der Waals surface area contributed by atoms with E-state index >= 15 is 0 Å². The number of nitrogens with zero attached hydrogens (tertiary/aromatic N) is 3. The van der Waals surface area contributed by atoms with E-state index in [0.29, 0.717) is 45.9 Å². The summed E-state index contributed by atoms with van der Waals surface area (Å²) in [5, 5.41) is 11.0. The van der Waals surface area contributed by atoms with Crippen molar-refractivity contribution < 1.29 is 19.4 Å². The molecule has 3 heterocycles. The van der Waals surface area contributed by atoms with Gasteiger partial charge in [-0.2, -0.15) is 0 Å². The number of fused-ring (bicyclic) bond motifs is 2. The predicted molar refractivity (Wildman–Crippen MR) is 138 cm³/mol. The molecule has 5 rings (SSSR count). The Kier molecular flexibility index (Phi) is 6.98. The van der Waals surface area contributed by atoms with Crippen molar-refractivity contribution in [1.82, 2.24) is 14.4 Å². The van der Waals surface area contributed by atoms with Crippen LogP contribution in [0.3, 0.4) is 0 Å². The molecule has 0 amide bonds. The van der Waals surface area contributed by atoms with Gasteiger partial charge in [0.2, 0.25) is 0 Å². The number of aryl methyl sites for hydroxylation is 2. The van der Waals surface area contributed by atoms with Crippen LogP contribution in [-0.2, 0) is 17.8 Å². The fraction of sp³-hybridized carbons (Fsp3) is 0.429. The maximum absolute atomic E-state index is 12.8. The summed E-state index contributed by atoms with van der Waals surface area (Å²) >= 11 is 0. The lowest BCUT2D eigenvalue weighted by Crippen LogP contribution is -2.57. The molecule has 2 aromatic carbocycles. The Morgan fingerprint density at radius 2 is 1.78 bits per heavy atom. The van der Waals surface area contributed by atoms with Crippen LogP contribution in [0.5, 0.6) is 11.5 Å². The van der Waals surface area contributed by atoms with Gasteiger partial charge in [0, 0.05) is 50.7 Å². The molecular weight excluding hydrogens is 458 g/mol. The largest absolute Gasteiger partial charge is 0.486 e. The van der Waals surface area contributed by atoms with Crippen LogP contribution in [0.2, 0.25) is 0 Å².